The lowest BCUT2D eigenvalue weighted by Gasteiger charge is -2.05. The molecule has 0 radical (unpaired) electrons. The van der Waals surface area contributed by atoms with Gasteiger partial charge in [0.1, 0.15) is 16.5 Å². The summed E-state index contributed by atoms with van der Waals surface area (Å²) in [5.74, 6) is 1.28. The Balaban J connectivity index is 1.96. The molecule has 0 fully saturated rings. The number of rotatable bonds is 3. The minimum Gasteiger partial charge on any atom is -0.306 e. The first-order valence-electron chi connectivity index (χ1n) is 6.74. The number of carbonyl (C=O) groups is 1. The maximum absolute atomic E-state index is 12.4. The average molecular weight is 336 g/mol. The fraction of sp³-hybridized carbons (Fsp3) is 0.286. The molecule has 0 saturated carbocycles. The average Bonchev–Trinajstić information content (AvgIpc) is 2.99. The van der Waals surface area contributed by atoms with E-state index in [1.54, 1.807) is 18.3 Å². The number of anilines is 1. The smallest absolute Gasteiger partial charge is 0.268 e. The van der Waals surface area contributed by atoms with Gasteiger partial charge in [-0.05, 0) is 19.1 Å². The maximum Gasteiger partial charge on any atom is 0.268 e. The van der Waals surface area contributed by atoms with Gasteiger partial charge >= 0.3 is 0 Å². The van der Waals surface area contributed by atoms with E-state index >= 15 is 0 Å². The van der Waals surface area contributed by atoms with Gasteiger partial charge in [0.15, 0.2) is 0 Å². The first kappa shape index (κ1) is 14.9. The fourth-order valence-corrected chi connectivity index (χ4v) is 3.29. The van der Waals surface area contributed by atoms with Crippen LogP contribution in [0.5, 0.6) is 0 Å². The van der Waals surface area contributed by atoms with E-state index in [1.165, 1.54) is 11.3 Å². The molecule has 22 heavy (non-hydrogen) atoms. The van der Waals surface area contributed by atoms with E-state index in [2.05, 4.69) is 20.5 Å². The molecule has 114 valence electrons. The molecular weight excluding hydrogens is 322 g/mol. The highest BCUT2D eigenvalue weighted by Gasteiger charge is 2.21. The third-order valence-corrected chi connectivity index (χ3v) is 4.57. The summed E-state index contributed by atoms with van der Waals surface area (Å²) in [6.07, 6.45) is 1.55. The topological polar surface area (TPSA) is 72.2 Å². The van der Waals surface area contributed by atoms with E-state index < -0.39 is 0 Å². The number of thiazole rings is 1. The first-order chi connectivity index (χ1) is 10.5. The molecule has 3 rings (SSSR count). The Bertz CT molecular complexity index is 854. The molecule has 8 heteroatoms. The maximum atomic E-state index is 12.4. The molecule has 3 aromatic rings. The molecule has 0 unspecified atom stereocenters. The van der Waals surface area contributed by atoms with Crippen LogP contribution in [0.2, 0.25) is 5.02 Å². The minimum absolute atomic E-state index is 0.225. The van der Waals surface area contributed by atoms with Crippen molar-refractivity contribution in [3.63, 3.8) is 0 Å². The molecule has 0 bridgehead atoms. The van der Waals surface area contributed by atoms with Crippen molar-refractivity contribution < 1.29 is 4.79 Å². The predicted molar refractivity (Wildman–Crippen MR) is 86.9 cm³/mol. The van der Waals surface area contributed by atoms with Crippen molar-refractivity contribution >= 4 is 39.6 Å². The Hall–Kier alpha value is -1.99. The zero-order chi connectivity index (χ0) is 15.9. The lowest BCUT2D eigenvalue weighted by molar-refractivity contribution is 0.102. The number of nitrogens with one attached hydrogen (secondary N) is 1. The molecular formula is C14H14ClN5OS. The van der Waals surface area contributed by atoms with Gasteiger partial charge in [-0.1, -0.05) is 36.8 Å². The van der Waals surface area contributed by atoms with E-state index in [9.17, 15) is 4.79 Å². The van der Waals surface area contributed by atoms with Crippen LogP contribution in [0, 0.1) is 6.92 Å². The van der Waals surface area contributed by atoms with E-state index in [0.717, 1.165) is 11.5 Å². The molecule has 0 saturated heterocycles. The zero-order valence-electron chi connectivity index (χ0n) is 12.3. The fourth-order valence-electron chi connectivity index (χ4n) is 2.16. The summed E-state index contributed by atoms with van der Waals surface area (Å²) in [6, 6.07) is 3.26. The number of hydrogen-bond donors (Lipinski definition) is 1. The third kappa shape index (κ3) is 2.57. The Labute approximate surface area is 136 Å². The van der Waals surface area contributed by atoms with Crippen LogP contribution in [0.15, 0.2) is 18.3 Å². The highest BCUT2D eigenvalue weighted by molar-refractivity contribution is 7.19. The monoisotopic (exact) mass is 335 g/mol. The number of carbonyl (C=O) groups excluding carboxylic acids is 1. The van der Waals surface area contributed by atoms with E-state index in [-0.39, 0.29) is 11.8 Å². The van der Waals surface area contributed by atoms with Crippen molar-refractivity contribution in [2.24, 2.45) is 0 Å². The molecule has 0 aliphatic heterocycles. The van der Waals surface area contributed by atoms with Gasteiger partial charge in [-0.15, -0.1) is 10.2 Å². The summed E-state index contributed by atoms with van der Waals surface area (Å²) in [5, 5.41) is 11.6. The number of pyridine rings is 1. The van der Waals surface area contributed by atoms with E-state index in [4.69, 9.17) is 11.6 Å². The lowest BCUT2D eigenvalue weighted by Crippen LogP contribution is -2.13. The van der Waals surface area contributed by atoms with Gasteiger partial charge in [0.2, 0.25) is 4.96 Å². The summed E-state index contributed by atoms with van der Waals surface area (Å²) in [4.78, 5) is 17.8. The van der Waals surface area contributed by atoms with Crippen LogP contribution >= 0.6 is 22.9 Å². The molecule has 6 nitrogen and oxygen atoms in total. The normalized spacial score (nSPS) is 11.3. The molecule has 0 spiro atoms. The molecule has 1 amide bonds. The van der Waals surface area contributed by atoms with Crippen molar-refractivity contribution in [1.29, 1.82) is 0 Å². The second-order valence-corrected chi connectivity index (χ2v) is 6.57. The van der Waals surface area contributed by atoms with E-state index in [0.29, 0.717) is 20.7 Å². The Morgan fingerprint density at radius 3 is 2.86 bits per heavy atom. The third-order valence-electron chi connectivity index (χ3n) is 3.20. The van der Waals surface area contributed by atoms with Gasteiger partial charge in [-0.2, -0.15) is 0 Å². The second-order valence-electron chi connectivity index (χ2n) is 5.16. The van der Waals surface area contributed by atoms with Gasteiger partial charge in [0, 0.05) is 22.8 Å². The van der Waals surface area contributed by atoms with E-state index in [1.807, 2.05) is 25.2 Å². The number of hydrogen-bond acceptors (Lipinski definition) is 5. The van der Waals surface area contributed by atoms with Gasteiger partial charge in [0.25, 0.3) is 5.91 Å². The SMILES string of the molecule is Cc1c(C(=O)Nc2cc(Cl)ccn2)sc2nnc(C(C)C)n12. The van der Waals surface area contributed by atoms with Gasteiger partial charge in [-0.3, -0.25) is 9.20 Å². The van der Waals surface area contributed by atoms with Crippen molar-refractivity contribution in [3.8, 4) is 0 Å². The van der Waals surface area contributed by atoms with Gasteiger partial charge in [0.05, 0.1) is 0 Å². The highest BCUT2D eigenvalue weighted by Crippen LogP contribution is 2.26. The minimum atomic E-state index is -0.225. The molecule has 0 atom stereocenters. The summed E-state index contributed by atoms with van der Waals surface area (Å²) in [7, 11) is 0. The number of halogens is 1. The van der Waals surface area contributed by atoms with Crippen LogP contribution in [0.25, 0.3) is 4.96 Å². The largest absolute Gasteiger partial charge is 0.306 e. The van der Waals surface area contributed by atoms with Crippen LogP contribution in [0.1, 0.15) is 41.0 Å². The van der Waals surface area contributed by atoms with Crippen LogP contribution in [0.3, 0.4) is 0 Å². The van der Waals surface area contributed by atoms with Crippen LogP contribution in [-0.4, -0.2) is 25.5 Å². The Kier molecular flexibility index (Phi) is 3.84. The zero-order valence-corrected chi connectivity index (χ0v) is 13.9. The van der Waals surface area contributed by atoms with Crippen molar-refractivity contribution in [2.75, 3.05) is 5.32 Å². The van der Waals surface area contributed by atoms with Crippen LogP contribution < -0.4 is 5.32 Å². The molecule has 3 heterocycles. The Morgan fingerprint density at radius 1 is 1.41 bits per heavy atom. The van der Waals surface area contributed by atoms with Gasteiger partial charge in [-0.25, -0.2) is 4.98 Å². The van der Waals surface area contributed by atoms with Crippen LogP contribution in [-0.2, 0) is 0 Å². The van der Waals surface area contributed by atoms with Crippen LogP contribution in [0.4, 0.5) is 5.82 Å². The van der Waals surface area contributed by atoms with Crippen molar-refractivity contribution in [1.82, 2.24) is 19.6 Å². The van der Waals surface area contributed by atoms with Crippen molar-refractivity contribution in [3.05, 3.63) is 39.7 Å². The molecule has 0 aliphatic rings. The summed E-state index contributed by atoms with van der Waals surface area (Å²) >= 11 is 7.21. The Morgan fingerprint density at radius 2 is 2.18 bits per heavy atom. The highest BCUT2D eigenvalue weighted by atomic mass is 35.5. The summed E-state index contributed by atoms with van der Waals surface area (Å²) in [5.41, 5.74) is 0.827. The summed E-state index contributed by atoms with van der Waals surface area (Å²) in [6.45, 7) is 5.98. The number of amides is 1. The second kappa shape index (κ2) is 5.66. The quantitative estimate of drug-likeness (QED) is 0.794. The van der Waals surface area contributed by atoms with Crippen molar-refractivity contribution in [2.45, 2.75) is 26.7 Å². The number of fused-ring (bicyclic) bond motifs is 1. The standard InChI is InChI=1S/C14H14ClN5OS/c1-7(2)12-18-19-14-20(12)8(3)11(22-14)13(21)17-10-6-9(15)4-5-16-10/h4-7H,1-3H3,(H,16,17,21). The summed E-state index contributed by atoms with van der Waals surface area (Å²) < 4.78 is 1.93. The number of nitrogens with zero attached hydrogens (tertiary/aromatic N) is 4. The molecule has 1 N–H and O–H groups in total. The molecule has 0 aliphatic carbocycles. The number of aryl methyl sites for hydroxylation is 1. The van der Waals surface area contributed by atoms with Gasteiger partial charge < -0.3 is 5.32 Å². The lowest BCUT2D eigenvalue weighted by atomic mass is 10.2. The first-order valence-corrected chi connectivity index (χ1v) is 7.94. The number of aromatic nitrogens is 4. The molecule has 0 aromatic carbocycles. The predicted octanol–water partition coefficient (Wildman–Crippen LogP) is 3.52. The molecule has 3 aromatic heterocycles.